The average Bonchev–Trinajstić information content (AvgIpc) is 2.18. The van der Waals surface area contributed by atoms with Crippen LogP contribution in [0.3, 0.4) is 0 Å². The van der Waals surface area contributed by atoms with E-state index in [1.54, 1.807) is 6.92 Å². The number of hydrogen-bond acceptors (Lipinski definition) is 3. The lowest BCUT2D eigenvalue weighted by molar-refractivity contribution is -0.163. The van der Waals surface area contributed by atoms with Gasteiger partial charge in [-0.2, -0.15) is 0 Å². The van der Waals surface area contributed by atoms with Crippen molar-refractivity contribution in [2.24, 2.45) is 11.3 Å². The van der Waals surface area contributed by atoms with Gasteiger partial charge in [0.1, 0.15) is 5.41 Å². The highest BCUT2D eigenvalue weighted by molar-refractivity contribution is 6.06. The number of rotatable bonds is 2. The molecular weight excluding hydrogens is 192 g/mol. The van der Waals surface area contributed by atoms with Crippen molar-refractivity contribution in [3.63, 3.8) is 0 Å². The molecule has 82 valence electrons. The normalized spacial score (nSPS) is 33.9. The fraction of sp³-hybridized carbons (Fsp3) is 0.667. The van der Waals surface area contributed by atoms with Crippen molar-refractivity contribution in [2.45, 2.75) is 32.6 Å². The lowest BCUT2D eigenvalue weighted by Gasteiger charge is -2.38. The first-order chi connectivity index (χ1) is 7.20. The summed E-state index contributed by atoms with van der Waals surface area (Å²) >= 11 is 0. The number of carbonyl (C=O) groups excluding carboxylic acids is 2. The van der Waals surface area contributed by atoms with Crippen molar-refractivity contribution < 1.29 is 14.3 Å². The molecule has 0 unspecified atom stereocenters. The Kier molecular flexibility index (Phi) is 2.63. The molecule has 3 heteroatoms. The molecule has 0 aromatic heterocycles. The molecule has 2 bridgehead atoms. The van der Waals surface area contributed by atoms with Crippen LogP contribution in [0.1, 0.15) is 32.6 Å². The van der Waals surface area contributed by atoms with Gasteiger partial charge in [0.15, 0.2) is 5.78 Å². The van der Waals surface area contributed by atoms with Crippen LogP contribution in [0.4, 0.5) is 0 Å². The van der Waals surface area contributed by atoms with Crippen molar-refractivity contribution in [2.75, 3.05) is 6.61 Å². The van der Waals surface area contributed by atoms with Crippen molar-refractivity contribution in [3.8, 4) is 0 Å². The zero-order valence-corrected chi connectivity index (χ0v) is 8.99. The molecule has 0 heterocycles. The van der Waals surface area contributed by atoms with E-state index in [4.69, 9.17) is 4.74 Å². The summed E-state index contributed by atoms with van der Waals surface area (Å²) in [6, 6.07) is 0. The molecule has 15 heavy (non-hydrogen) atoms. The quantitative estimate of drug-likeness (QED) is 0.395. The first-order valence-corrected chi connectivity index (χ1v) is 5.59. The van der Waals surface area contributed by atoms with E-state index < -0.39 is 5.41 Å². The van der Waals surface area contributed by atoms with Crippen LogP contribution in [0.5, 0.6) is 0 Å². The first kappa shape index (κ1) is 10.4. The van der Waals surface area contributed by atoms with Gasteiger partial charge in [-0.15, -0.1) is 0 Å². The SMILES string of the molecule is CCOC(=O)[C@@]12CC=C[C@@H](CCC1)C2=O. The third-order valence-corrected chi connectivity index (χ3v) is 3.43. The second-order valence-electron chi connectivity index (χ2n) is 4.30. The van der Waals surface area contributed by atoms with E-state index in [1.165, 1.54) is 0 Å². The van der Waals surface area contributed by atoms with Crippen LogP contribution in [-0.4, -0.2) is 18.4 Å². The summed E-state index contributed by atoms with van der Waals surface area (Å²) in [5.74, 6) is -0.282. The number of esters is 1. The molecule has 0 amide bonds. The van der Waals surface area contributed by atoms with Crippen molar-refractivity contribution >= 4 is 11.8 Å². The number of ketones is 1. The summed E-state index contributed by atoms with van der Waals surface area (Å²) in [4.78, 5) is 24.0. The molecule has 0 aliphatic heterocycles. The van der Waals surface area contributed by atoms with E-state index in [0.717, 1.165) is 12.8 Å². The highest BCUT2D eigenvalue weighted by Gasteiger charge is 2.51. The Hall–Kier alpha value is -1.12. The van der Waals surface area contributed by atoms with Crippen molar-refractivity contribution in [1.29, 1.82) is 0 Å². The molecule has 0 N–H and O–H groups in total. The summed E-state index contributed by atoms with van der Waals surface area (Å²) in [5.41, 5.74) is -0.840. The molecule has 2 aliphatic carbocycles. The monoisotopic (exact) mass is 208 g/mol. The van der Waals surface area contributed by atoms with Crippen molar-refractivity contribution in [3.05, 3.63) is 12.2 Å². The van der Waals surface area contributed by atoms with Gasteiger partial charge in [-0.1, -0.05) is 18.6 Å². The van der Waals surface area contributed by atoms with Crippen LogP contribution in [0, 0.1) is 11.3 Å². The van der Waals surface area contributed by atoms with Crippen LogP contribution in [0.25, 0.3) is 0 Å². The molecule has 0 aromatic rings. The fourth-order valence-electron chi connectivity index (χ4n) is 2.61. The minimum atomic E-state index is -0.840. The van der Waals surface area contributed by atoms with Gasteiger partial charge in [0, 0.05) is 5.92 Å². The van der Waals surface area contributed by atoms with E-state index >= 15 is 0 Å². The van der Waals surface area contributed by atoms with E-state index in [0.29, 0.717) is 19.4 Å². The third kappa shape index (κ3) is 1.50. The highest BCUT2D eigenvalue weighted by atomic mass is 16.5. The average molecular weight is 208 g/mol. The maximum absolute atomic E-state index is 12.1. The summed E-state index contributed by atoms with van der Waals surface area (Å²) in [6.07, 6.45) is 6.92. The summed E-state index contributed by atoms with van der Waals surface area (Å²) in [5, 5.41) is 0. The van der Waals surface area contributed by atoms with Gasteiger partial charge in [-0.05, 0) is 26.2 Å². The molecule has 0 aromatic carbocycles. The molecule has 0 spiro atoms. The molecule has 2 atom stereocenters. The number of ether oxygens (including phenoxy) is 1. The highest BCUT2D eigenvalue weighted by Crippen LogP contribution is 2.43. The van der Waals surface area contributed by atoms with Gasteiger partial charge in [-0.3, -0.25) is 9.59 Å². The molecule has 1 saturated carbocycles. The largest absolute Gasteiger partial charge is 0.465 e. The molecule has 2 aliphatic rings. The van der Waals surface area contributed by atoms with Gasteiger partial charge in [0.2, 0.25) is 0 Å². The van der Waals surface area contributed by atoms with Crippen LogP contribution in [0.2, 0.25) is 0 Å². The number of carbonyl (C=O) groups is 2. The van der Waals surface area contributed by atoms with E-state index in [-0.39, 0.29) is 17.7 Å². The number of hydrogen-bond donors (Lipinski definition) is 0. The maximum Gasteiger partial charge on any atom is 0.319 e. The lowest BCUT2D eigenvalue weighted by Crippen LogP contribution is -2.47. The zero-order chi connectivity index (χ0) is 10.9. The predicted molar refractivity (Wildman–Crippen MR) is 55.2 cm³/mol. The van der Waals surface area contributed by atoms with Gasteiger partial charge < -0.3 is 4.74 Å². The van der Waals surface area contributed by atoms with Crippen LogP contribution in [0.15, 0.2) is 12.2 Å². The smallest absolute Gasteiger partial charge is 0.319 e. The Balaban J connectivity index is 2.28. The zero-order valence-electron chi connectivity index (χ0n) is 8.99. The summed E-state index contributed by atoms with van der Waals surface area (Å²) in [7, 11) is 0. The molecule has 3 nitrogen and oxygen atoms in total. The Morgan fingerprint density at radius 2 is 2.47 bits per heavy atom. The number of fused-ring (bicyclic) bond motifs is 2. The van der Waals surface area contributed by atoms with Crippen LogP contribution < -0.4 is 0 Å². The third-order valence-electron chi connectivity index (χ3n) is 3.43. The Bertz CT molecular complexity index is 319. The van der Waals surface area contributed by atoms with Gasteiger partial charge >= 0.3 is 5.97 Å². The number of Topliss-reactive ketones (excluding diaryl/α,β-unsaturated/α-hetero) is 1. The fourth-order valence-corrected chi connectivity index (χ4v) is 2.61. The second kappa shape index (κ2) is 3.80. The predicted octanol–water partition coefficient (Wildman–Crippen LogP) is 1.86. The number of allylic oxidation sites excluding steroid dienone is 2. The van der Waals surface area contributed by atoms with Gasteiger partial charge in [-0.25, -0.2) is 0 Å². The van der Waals surface area contributed by atoms with E-state index in [1.807, 2.05) is 12.2 Å². The Morgan fingerprint density at radius 1 is 1.67 bits per heavy atom. The van der Waals surface area contributed by atoms with Gasteiger partial charge in [0.25, 0.3) is 0 Å². The summed E-state index contributed by atoms with van der Waals surface area (Å²) in [6.45, 7) is 2.13. The van der Waals surface area contributed by atoms with E-state index in [9.17, 15) is 9.59 Å². The standard InChI is InChI=1S/C12H16O3/c1-2-15-11(14)12-7-3-5-9(10(12)13)6-4-8-12/h3,5,9H,2,4,6-8H2,1H3/t9-,12-/m0/s1. The second-order valence-corrected chi connectivity index (χ2v) is 4.30. The molecule has 0 radical (unpaired) electrons. The van der Waals surface area contributed by atoms with Gasteiger partial charge in [0.05, 0.1) is 6.61 Å². The minimum absolute atomic E-state index is 0.0445. The minimum Gasteiger partial charge on any atom is -0.465 e. The van der Waals surface area contributed by atoms with E-state index in [2.05, 4.69) is 0 Å². The molecule has 2 rings (SSSR count). The molecule has 1 fully saturated rings. The summed E-state index contributed by atoms with van der Waals surface area (Å²) < 4.78 is 5.03. The molecular formula is C12H16O3. The van der Waals surface area contributed by atoms with Crippen LogP contribution in [-0.2, 0) is 14.3 Å². The molecule has 0 saturated heterocycles. The van der Waals surface area contributed by atoms with Crippen molar-refractivity contribution in [1.82, 2.24) is 0 Å². The maximum atomic E-state index is 12.1. The lowest BCUT2D eigenvalue weighted by atomic mass is 9.64. The Morgan fingerprint density at radius 3 is 3.20 bits per heavy atom. The van der Waals surface area contributed by atoms with Crippen LogP contribution >= 0.6 is 0 Å². The Labute approximate surface area is 89.5 Å². The first-order valence-electron chi connectivity index (χ1n) is 5.59. The topological polar surface area (TPSA) is 43.4 Å².